The molecule has 0 radical (unpaired) electrons. The molecule has 1 spiro atoms. The molecule has 2 aromatic carbocycles. The number of ether oxygens (including phenoxy) is 1. The molecule has 1 atom stereocenters. The van der Waals surface area contributed by atoms with Crippen LogP contribution in [0.25, 0.3) is 33.1 Å². The van der Waals surface area contributed by atoms with Crippen molar-refractivity contribution in [1.82, 2.24) is 19.8 Å². The van der Waals surface area contributed by atoms with Crippen molar-refractivity contribution in [2.24, 2.45) is 5.41 Å². The lowest BCUT2D eigenvalue weighted by Crippen LogP contribution is -2.45. The van der Waals surface area contributed by atoms with E-state index in [1.54, 1.807) is 11.5 Å². The number of carbonyl (C=O) groups is 1. The Morgan fingerprint density at radius 1 is 1.02 bits per heavy atom. The van der Waals surface area contributed by atoms with Crippen LogP contribution < -0.4 is 10.9 Å². The van der Waals surface area contributed by atoms with Crippen LogP contribution in [0.3, 0.4) is 0 Å². The van der Waals surface area contributed by atoms with E-state index in [4.69, 9.17) is 9.72 Å². The van der Waals surface area contributed by atoms with Gasteiger partial charge in [0.15, 0.2) is 5.60 Å². The number of likely N-dealkylation sites (tertiary alicyclic amines) is 1. The highest BCUT2D eigenvalue weighted by Crippen LogP contribution is 2.44. The molecule has 2 N–H and O–H groups in total. The topological polar surface area (TPSA) is 96.7 Å². The van der Waals surface area contributed by atoms with Gasteiger partial charge in [-0.25, -0.2) is 9.78 Å². The van der Waals surface area contributed by atoms with Gasteiger partial charge in [-0.3, -0.25) is 9.69 Å². The second kappa shape index (κ2) is 9.46. The number of esters is 1. The highest BCUT2D eigenvalue weighted by atomic mass is 16.6. The maximum atomic E-state index is 13.9. The summed E-state index contributed by atoms with van der Waals surface area (Å²) in [6.45, 7) is 7.19. The number of pyridine rings is 2. The SMILES string of the molecule is CC[C@@]1(O)C(=O)OCc2c1cc1n(c2=O)Cc2c-1nc1ccc3ccccc3c1c2CN1CCC2(CCNCC2)CC1. The number of benzene rings is 2. The summed E-state index contributed by atoms with van der Waals surface area (Å²) in [5, 5.41) is 18.3. The minimum atomic E-state index is -1.83. The fourth-order valence-electron chi connectivity index (χ4n) is 7.99. The van der Waals surface area contributed by atoms with Gasteiger partial charge in [-0.15, -0.1) is 0 Å². The Labute approximate surface area is 244 Å². The normalized spacial score (nSPS) is 23.1. The Morgan fingerprint density at radius 3 is 2.60 bits per heavy atom. The first-order valence-electron chi connectivity index (χ1n) is 15.3. The molecule has 0 unspecified atom stereocenters. The molecule has 8 rings (SSSR count). The smallest absolute Gasteiger partial charge is 0.343 e. The van der Waals surface area contributed by atoms with E-state index in [9.17, 15) is 14.7 Å². The van der Waals surface area contributed by atoms with Gasteiger partial charge in [0.1, 0.15) is 6.61 Å². The van der Waals surface area contributed by atoms with E-state index in [-0.39, 0.29) is 18.6 Å². The summed E-state index contributed by atoms with van der Waals surface area (Å²) in [5.74, 6) is -0.699. The quantitative estimate of drug-likeness (QED) is 0.251. The van der Waals surface area contributed by atoms with Gasteiger partial charge >= 0.3 is 5.97 Å². The maximum Gasteiger partial charge on any atom is 0.343 e. The average molecular weight is 565 g/mol. The number of aromatic nitrogens is 2. The summed E-state index contributed by atoms with van der Waals surface area (Å²) >= 11 is 0. The number of hydrogen-bond acceptors (Lipinski definition) is 7. The molecule has 8 heteroatoms. The minimum Gasteiger partial charge on any atom is -0.458 e. The first-order valence-corrected chi connectivity index (χ1v) is 15.3. The van der Waals surface area contributed by atoms with E-state index in [1.807, 2.05) is 6.07 Å². The minimum absolute atomic E-state index is 0.121. The van der Waals surface area contributed by atoms with Gasteiger partial charge in [0.25, 0.3) is 5.56 Å². The summed E-state index contributed by atoms with van der Waals surface area (Å²) in [6, 6.07) is 14.5. The number of cyclic esters (lactones) is 1. The fraction of sp³-hybridized carbons (Fsp3) is 0.441. The zero-order valence-electron chi connectivity index (χ0n) is 24.0. The second-order valence-corrected chi connectivity index (χ2v) is 12.7. The zero-order valence-corrected chi connectivity index (χ0v) is 24.0. The molecule has 0 amide bonds. The second-order valence-electron chi connectivity index (χ2n) is 12.7. The lowest BCUT2D eigenvalue weighted by Gasteiger charge is -2.44. The summed E-state index contributed by atoms with van der Waals surface area (Å²) in [4.78, 5) is 34.3. The third-order valence-electron chi connectivity index (χ3n) is 10.7. The van der Waals surface area contributed by atoms with Crippen LogP contribution in [0, 0.1) is 5.41 Å². The van der Waals surface area contributed by atoms with Crippen molar-refractivity contribution in [3.63, 3.8) is 0 Å². The molecule has 4 aliphatic rings. The van der Waals surface area contributed by atoms with Crippen LogP contribution in [0.1, 0.15) is 61.3 Å². The molecule has 2 aromatic heterocycles. The summed E-state index contributed by atoms with van der Waals surface area (Å²) in [7, 11) is 0. The number of hydrogen-bond donors (Lipinski definition) is 2. The van der Waals surface area contributed by atoms with E-state index in [0.717, 1.165) is 54.9 Å². The molecule has 4 aromatic rings. The largest absolute Gasteiger partial charge is 0.458 e. The number of nitrogens with one attached hydrogen (secondary N) is 1. The van der Waals surface area contributed by atoms with Crippen molar-refractivity contribution in [2.75, 3.05) is 26.2 Å². The number of aliphatic hydroxyl groups is 1. The van der Waals surface area contributed by atoms with E-state index in [1.165, 1.54) is 42.0 Å². The average Bonchev–Trinajstić information content (AvgIpc) is 3.39. The van der Waals surface area contributed by atoms with Gasteiger partial charge in [0.2, 0.25) is 0 Å². The molecule has 42 heavy (non-hydrogen) atoms. The molecular formula is C34H36N4O4. The molecule has 0 saturated carbocycles. The van der Waals surface area contributed by atoms with Gasteiger partial charge in [-0.1, -0.05) is 37.3 Å². The summed E-state index contributed by atoms with van der Waals surface area (Å²) in [5.41, 5.74) is 3.76. The molecular weight excluding hydrogens is 528 g/mol. The Hall–Kier alpha value is -3.59. The highest BCUT2D eigenvalue weighted by molar-refractivity contribution is 6.09. The van der Waals surface area contributed by atoms with Crippen LogP contribution in [0.4, 0.5) is 0 Å². The van der Waals surface area contributed by atoms with Crippen LogP contribution in [0.5, 0.6) is 0 Å². The number of rotatable bonds is 3. The van der Waals surface area contributed by atoms with E-state index in [2.05, 4.69) is 46.6 Å². The van der Waals surface area contributed by atoms with Crippen LogP contribution in [-0.2, 0) is 34.8 Å². The van der Waals surface area contributed by atoms with Crippen molar-refractivity contribution in [3.05, 3.63) is 75.1 Å². The van der Waals surface area contributed by atoms with E-state index < -0.39 is 11.6 Å². The number of nitrogens with zero attached hydrogens (tertiary/aromatic N) is 3. The molecule has 0 bridgehead atoms. The molecule has 2 fully saturated rings. The van der Waals surface area contributed by atoms with E-state index >= 15 is 0 Å². The molecule has 0 aliphatic carbocycles. The van der Waals surface area contributed by atoms with Crippen LogP contribution in [0.2, 0.25) is 0 Å². The first kappa shape index (κ1) is 26.1. The van der Waals surface area contributed by atoms with Crippen LogP contribution >= 0.6 is 0 Å². The number of fused-ring (bicyclic) bond motifs is 7. The maximum absolute atomic E-state index is 13.9. The van der Waals surface area contributed by atoms with Crippen molar-refractivity contribution in [3.8, 4) is 11.4 Å². The first-order chi connectivity index (χ1) is 20.4. The van der Waals surface area contributed by atoms with Crippen molar-refractivity contribution in [2.45, 2.75) is 64.3 Å². The third kappa shape index (κ3) is 3.75. The van der Waals surface area contributed by atoms with Crippen molar-refractivity contribution >= 4 is 27.6 Å². The molecule has 216 valence electrons. The third-order valence-corrected chi connectivity index (χ3v) is 10.7. The lowest BCUT2D eigenvalue weighted by atomic mass is 9.71. The number of carbonyl (C=O) groups excluding carboxylic acids is 1. The predicted molar refractivity (Wildman–Crippen MR) is 161 cm³/mol. The standard InChI is InChI=1S/C34H36N4O4/c1-2-34(41)26-17-28-30-24(19-38(28)31(39)25(26)20-42-32(34)40)23(18-37-15-11-33(12-16-37)9-13-35-14-10-33)29-22-6-4-3-5-21(22)7-8-27(29)36-30/h3-8,17,35,41H,2,9-16,18-20H2,1H3/t34-/m0/s1. The van der Waals surface area contributed by atoms with Gasteiger partial charge in [0, 0.05) is 23.1 Å². The monoisotopic (exact) mass is 564 g/mol. The number of piperidine rings is 2. The Morgan fingerprint density at radius 2 is 1.81 bits per heavy atom. The van der Waals surface area contributed by atoms with Crippen molar-refractivity contribution < 1.29 is 14.6 Å². The molecule has 4 aliphatic heterocycles. The summed E-state index contributed by atoms with van der Waals surface area (Å²) < 4.78 is 7.04. The molecule has 2 saturated heterocycles. The molecule has 6 heterocycles. The Kier molecular flexibility index (Phi) is 5.87. The fourth-order valence-corrected chi connectivity index (χ4v) is 7.99. The van der Waals surface area contributed by atoms with Gasteiger partial charge < -0.3 is 19.7 Å². The van der Waals surface area contributed by atoms with E-state index in [0.29, 0.717) is 28.8 Å². The molecule has 8 nitrogen and oxygen atoms in total. The van der Waals surface area contributed by atoms with Gasteiger partial charge in [-0.2, -0.15) is 0 Å². The van der Waals surface area contributed by atoms with Gasteiger partial charge in [-0.05, 0) is 92.2 Å². The Balaban J connectivity index is 1.29. The predicted octanol–water partition coefficient (Wildman–Crippen LogP) is 4.20. The van der Waals surface area contributed by atoms with Crippen LogP contribution in [-0.4, -0.2) is 51.7 Å². The van der Waals surface area contributed by atoms with Gasteiger partial charge in [0.05, 0.1) is 29.0 Å². The van der Waals surface area contributed by atoms with Crippen LogP contribution in [0.15, 0.2) is 47.3 Å². The van der Waals surface area contributed by atoms with Crippen molar-refractivity contribution in [1.29, 1.82) is 0 Å². The zero-order chi connectivity index (χ0) is 28.6. The Bertz CT molecular complexity index is 1830. The lowest BCUT2D eigenvalue weighted by molar-refractivity contribution is -0.172. The summed E-state index contributed by atoms with van der Waals surface area (Å²) in [6.07, 6.45) is 5.09. The highest BCUT2D eigenvalue weighted by Gasteiger charge is 2.45.